The molecule has 2 atom stereocenters. The minimum Gasteiger partial charge on any atom is -0.344 e. The fourth-order valence-corrected chi connectivity index (χ4v) is 3.62. The molecular weight excluding hydrogens is 472 g/mol. The first-order valence-corrected chi connectivity index (χ1v) is 11.8. The molecule has 0 saturated carbocycles. The van der Waals surface area contributed by atoms with Crippen LogP contribution in [0.5, 0.6) is 0 Å². The Labute approximate surface area is 197 Å². The molecule has 0 spiro atoms. The van der Waals surface area contributed by atoms with Gasteiger partial charge in [0.2, 0.25) is 17.7 Å². The van der Waals surface area contributed by atoms with E-state index in [2.05, 4.69) is 31.9 Å². The third kappa shape index (κ3) is 8.80. The molecule has 0 aliphatic rings. The second-order valence-corrected chi connectivity index (χ2v) is 8.17. The maximum atomic E-state index is 13.0. The number of rotatable bonds is 12. The highest BCUT2D eigenvalue weighted by atomic mass is 79.9. The molecule has 5 N–H and O–H groups in total. The summed E-state index contributed by atoms with van der Waals surface area (Å²) in [7, 11) is 0. The first-order chi connectivity index (χ1) is 15.4. The fourth-order valence-electron chi connectivity index (χ4n) is 3.24. The topological polar surface area (TPSA) is 113 Å². The second kappa shape index (κ2) is 13.6. The number of benzene rings is 2. The zero-order chi connectivity index (χ0) is 23.3. The molecular formula is C24H31BrN4O3. The first kappa shape index (κ1) is 25.5. The molecule has 0 saturated heterocycles. The van der Waals surface area contributed by atoms with Crippen molar-refractivity contribution in [2.24, 2.45) is 5.73 Å². The van der Waals surface area contributed by atoms with Gasteiger partial charge < -0.3 is 21.7 Å². The number of halogens is 1. The molecule has 0 aliphatic carbocycles. The molecule has 8 heteroatoms. The number of alkyl halides is 1. The van der Waals surface area contributed by atoms with Gasteiger partial charge in [-0.15, -0.1) is 0 Å². The van der Waals surface area contributed by atoms with Crippen LogP contribution >= 0.6 is 15.9 Å². The van der Waals surface area contributed by atoms with Crippen molar-refractivity contribution in [3.05, 3.63) is 65.7 Å². The van der Waals surface area contributed by atoms with Gasteiger partial charge in [-0.2, -0.15) is 0 Å². The van der Waals surface area contributed by atoms with E-state index in [4.69, 9.17) is 5.73 Å². The van der Waals surface area contributed by atoms with Gasteiger partial charge in [0.05, 0.1) is 0 Å². The van der Waals surface area contributed by atoms with E-state index in [1.54, 1.807) is 0 Å². The van der Waals surface area contributed by atoms with Crippen LogP contribution in [-0.4, -0.2) is 36.3 Å². The molecule has 2 aromatic carbocycles. The lowest BCUT2D eigenvalue weighted by atomic mass is 10.0. The standard InChI is InChI=1S/C24H31BrN4O3/c1-17(30)27-22(15-18-7-3-2-4-8-18)24(32)29-21(9-5-6-14-26)23(31)28-20-12-10-19(16-25)11-13-20/h2-4,7-8,10-13,21-22H,5-6,9,14-16,26H2,1H3,(H,27,30)(H,28,31)(H,29,32). The molecule has 7 nitrogen and oxygen atoms in total. The number of carbonyl (C=O) groups is 3. The SMILES string of the molecule is CC(=O)NC(Cc1ccccc1)C(=O)NC(CCCCN)C(=O)Nc1ccc(CBr)cc1. The molecule has 2 unspecified atom stereocenters. The Hall–Kier alpha value is -2.71. The van der Waals surface area contributed by atoms with E-state index >= 15 is 0 Å². The minimum atomic E-state index is -0.780. The largest absolute Gasteiger partial charge is 0.344 e. The van der Waals surface area contributed by atoms with Gasteiger partial charge in [0.1, 0.15) is 12.1 Å². The van der Waals surface area contributed by atoms with E-state index in [9.17, 15) is 14.4 Å². The van der Waals surface area contributed by atoms with Crippen LogP contribution in [0.3, 0.4) is 0 Å². The predicted molar refractivity (Wildman–Crippen MR) is 130 cm³/mol. The monoisotopic (exact) mass is 502 g/mol. The number of anilines is 1. The Morgan fingerprint density at radius 1 is 0.875 bits per heavy atom. The van der Waals surface area contributed by atoms with Crippen molar-refractivity contribution in [2.45, 2.75) is 50.0 Å². The summed E-state index contributed by atoms with van der Waals surface area (Å²) in [4.78, 5) is 37.7. The van der Waals surface area contributed by atoms with Gasteiger partial charge in [-0.1, -0.05) is 58.4 Å². The Morgan fingerprint density at radius 3 is 2.16 bits per heavy atom. The maximum absolute atomic E-state index is 13.0. The lowest BCUT2D eigenvalue weighted by Crippen LogP contribution is -2.53. The molecule has 32 heavy (non-hydrogen) atoms. The first-order valence-electron chi connectivity index (χ1n) is 10.7. The molecule has 2 rings (SSSR count). The third-order valence-electron chi connectivity index (χ3n) is 4.93. The summed E-state index contributed by atoms with van der Waals surface area (Å²) in [6.07, 6.45) is 2.23. The average Bonchev–Trinajstić information content (AvgIpc) is 2.79. The van der Waals surface area contributed by atoms with Crippen molar-refractivity contribution in [1.82, 2.24) is 10.6 Å². The van der Waals surface area contributed by atoms with E-state index in [-0.39, 0.29) is 11.8 Å². The lowest BCUT2D eigenvalue weighted by Gasteiger charge is -2.23. The van der Waals surface area contributed by atoms with Crippen LogP contribution in [0.2, 0.25) is 0 Å². The number of amides is 3. The number of nitrogens with two attached hydrogens (primary N) is 1. The van der Waals surface area contributed by atoms with Crippen molar-refractivity contribution < 1.29 is 14.4 Å². The van der Waals surface area contributed by atoms with Crippen LogP contribution in [0, 0.1) is 0 Å². The third-order valence-corrected chi connectivity index (χ3v) is 5.58. The van der Waals surface area contributed by atoms with Crippen molar-refractivity contribution in [2.75, 3.05) is 11.9 Å². The summed E-state index contributed by atoms with van der Waals surface area (Å²) in [6, 6.07) is 15.4. The minimum absolute atomic E-state index is 0.303. The number of unbranched alkanes of at least 4 members (excludes halogenated alkanes) is 1. The summed E-state index contributed by atoms with van der Waals surface area (Å²) in [5.74, 6) is -1.01. The zero-order valence-corrected chi connectivity index (χ0v) is 19.9. The Kier molecular flexibility index (Phi) is 10.9. The molecule has 2 aromatic rings. The van der Waals surface area contributed by atoms with Crippen LogP contribution in [0.15, 0.2) is 54.6 Å². The van der Waals surface area contributed by atoms with Gasteiger partial charge in [0.15, 0.2) is 0 Å². The van der Waals surface area contributed by atoms with E-state index in [0.717, 1.165) is 22.9 Å². The van der Waals surface area contributed by atoms with Gasteiger partial charge in [-0.3, -0.25) is 14.4 Å². The Balaban J connectivity index is 2.11. The summed E-state index contributed by atoms with van der Waals surface area (Å²) in [5, 5.41) is 9.12. The van der Waals surface area contributed by atoms with Gasteiger partial charge in [-0.25, -0.2) is 0 Å². The molecule has 0 heterocycles. The molecule has 0 aliphatic heterocycles. The predicted octanol–water partition coefficient (Wildman–Crippen LogP) is 2.88. The highest BCUT2D eigenvalue weighted by Gasteiger charge is 2.26. The van der Waals surface area contributed by atoms with Crippen molar-refractivity contribution in [1.29, 1.82) is 0 Å². The van der Waals surface area contributed by atoms with Gasteiger partial charge in [-0.05, 0) is 49.1 Å². The summed E-state index contributed by atoms with van der Waals surface area (Å²) in [6.45, 7) is 1.88. The fraction of sp³-hybridized carbons (Fsp3) is 0.375. The Morgan fingerprint density at radius 2 is 1.56 bits per heavy atom. The van der Waals surface area contributed by atoms with E-state index in [1.807, 2.05) is 54.6 Å². The zero-order valence-electron chi connectivity index (χ0n) is 18.3. The summed E-state index contributed by atoms with van der Waals surface area (Å²) < 4.78 is 0. The van der Waals surface area contributed by atoms with Crippen LogP contribution in [0.4, 0.5) is 5.69 Å². The molecule has 172 valence electrons. The van der Waals surface area contributed by atoms with Crippen LogP contribution in [0.1, 0.15) is 37.3 Å². The van der Waals surface area contributed by atoms with E-state index in [0.29, 0.717) is 31.5 Å². The molecule has 0 bridgehead atoms. The number of nitrogens with one attached hydrogen (secondary N) is 3. The van der Waals surface area contributed by atoms with Crippen LogP contribution in [-0.2, 0) is 26.1 Å². The normalized spacial score (nSPS) is 12.5. The highest BCUT2D eigenvalue weighted by molar-refractivity contribution is 9.08. The van der Waals surface area contributed by atoms with E-state index < -0.39 is 18.0 Å². The highest BCUT2D eigenvalue weighted by Crippen LogP contribution is 2.13. The number of carbonyl (C=O) groups excluding carboxylic acids is 3. The van der Waals surface area contributed by atoms with Crippen molar-refractivity contribution in [3.63, 3.8) is 0 Å². The number of hydrogen-bond acceptors (Lipinski definition) is 4. The quantitative estimate of drug-likeness (QED) is 0.264. The van der Waals surface area contributed by atoms with Crippen molar-refractivity contribution in [3.8, 4) is 0 Å². The van der Waals surface area contributed by atoms with Crippen LogP contribution in [0.25, 0.3) is 0 Å². The lowest BCUT2D eigenvalue weighted by molar-refractivity contribution is -0.130. The maximum Gasteiger partial charge on any atom is 0.246 e. The van der Waals surface area contributed by atoms with E-state index in [1.165, 1.54) is 6.92 Å². The summed E-state index contributed by atoms with van der Waals surface area (Å²) in [5.41, 5.74) is 8.25. The molecule has 0 aromatic heterocycles. The average molecular weight is 503 g/mol. The van der Waals surface area contributed by atoms with Crippen LogP contribution < -0.4 is 21.7 Å². The molecule has 0 radical (unpaired) electrons. The smallest absolute Gasteiger partial charge is 0.246 e. The number of hydrogen-bond donors (Lipinski definition) is 4. The molecule has 3 amide bonds. The van der Waals surface area contributed by atoms with Gasteiger partial charge in [0, 0.05) is 24.4 Å². The Bertz CT molecular complexity index is 875. The molecule has 0 fully saturated rings. The second-order valence-electron chi connectivity index (χ2n) is 7.61. The van der Waals surface area contributed by atoms with Crippen molar-refractivity contribution >= 4 is 39.3 Å². The van der Waals surface area contributed by atoms with Gasteiger partial charge in [0.25, 0.3) is 0 Å². The van der Waals surface area contributed by atoms with Gasteiger partial charge >= 0.3 is 0 Å². The summed E-state index contributed by atoms with van der Waals surface area (Å²) >= 11 is 3.40.